The molecule has 0 fully saturated rings. The van der Waals surface area contributed by atoms with E-state index in [9.17, 15) is 9.59 Å². The highest BCUT2D eigenvalue weighted by atomic mass is 16.5. The molecule has 1 N–H and O–H groups in total. The van der Waals surface area contributed by atoms with Gasteiger partial charge in [-0.1, -0.05) is 18.2 Å². The molecule has 3 aromatic carbocycles. The number of hydrogen-bond acceptors (Lipinski definition) is 6. The van der Waals surface area contributed by atoms with Crippen molar-refractivity contribution in [2.24, 2.45) is 7.05 Å². The maximum atomic E-state index is 13.1. The molecule has 2 aromatic heterocycles. The van der Waals surface area contributed by atoms with Gasteiger partial charge in [0, 0.05) is 30.4 Å². The molecule has 0 aliphatic rings. The summed E-state index contributed by atoms with van der Waals surface area (Å²) < 4.78 is 28.5. The minimum absolute atomic E-state index is 0.0669. The minimum atomic E-state index is -0.503. The van der Waals surface area contributed by atoms with Crippen molar-refractivity contribution < 1.29 is 20.4 Å². The van der Waals surface area contributed by atoms with Gasteiger partial charge in [-0.3, -0.25) is 19.3 Å². The molecule has 9 nitrogen and oxygen atoms in total. The van der Waals surface area contributed by atoms with Gasteiger partial charge in [0.2, 0.25) is 0 Å². The molecule has 0 radical (unpaired) electrons. The van der Waals surface area contributed by atoms with Crippen molar-refractivity contribution >= 4 is 22.5 Å². The third-order valence-electron chi connectivity index (χ3n) is 6.22. The van der Waals surface area contributed by atoms with Crippen LogP contribution in [0.4, 0.5) is 5.69 Å². The summed E-state index contributed by atoms with van der Waals surface area (Å²) in [5.41, 5.74) is 1.90. The van der Waals surface area contributed by atoms with Crippen LogP contribution in [-0.2, 0) is 7.05 Å². The molecular weight excluding hydrogens is 484 g/mol. The number of carbonyl (C=O) groups is 1. The van der Waals surface area contributed by atoms with Crippen molar-refractivity contribution in [3.8, 4) is 28.7 Å². The quantitative estimate of drug-likeness (QED) is 0.327. The second-order valence-electron chi connectivity index (χ2n) is 8.46. The Labute approximate surface area is 220 Å². The number of pyridine rings is 1. The Morgan fingerprint density at radius 3 is 2.37 bits per heavy atom. The number of nitrogens with one attached hydrogen (secondary N) is 1. The fourth-order valence-electron chi connectivity index (χ4n) is 4.20. The van der Waals surface area contributed by atoms with Crippen LogP contribution in [0.2, 0.25) is 0 Å². The summed E-state index contributed by atoms with van der Waals surface area (Å²) in [6.45, 7) is 1.73. The number of methoxy groups -OCH3 is 2. The normalized spacial score (nSPS) is 11.2. The number of anilines is 1. The number of fused-ring (bicyclic) bond motifs is 1. The molecule has 38 heavy (non-hydrogen) atoms. The predicted molar refractivity (Wildman–Crippen MR) is 145 cm³/mol. The number of nitrogens with zero attached hydrogens (tertiary/aromatic N) is 3. The molecule has 0 bridgehead atoms. The number of para-hydroxylation sites is 1. The first kappa shape index (κ1) is 23.4. The van der Waals surface area contributed by atoms with Gasteiger partial charge < -0.3 is 19.5 Å². The van der Waals surface area contributed by atoms with Crippen LogP contribution >= 0.6 is 0 Å². The summed E-state index contributed by atoms with van der Waals surface area (Å²) in [4.78, 5) is 30.6. The van der Waals surface area contributed by atoms with E-state index >= 15 is 0 Å². The summed E-state index contributed by atoms with van der Waals surface area (Å²) in [5.74, 6) is 1.09. The summed E-state index contributed by atoms with van der Waals surface area (Å²) in [6, 6.07) is 19.3. The highest BCUT2D eigenvalue weighted by Crippen LogP contribution is 2.37. The van der Waals surface area contributed by atoms with Gasteiger partial charge in [0.05, 0.1) is 32.5 Å². The van der Waals surface area contributed by atoms with Gasteiger partial charge in [-0.25, -0.2) is 4.68 Å². The van der Waals surface area contributed by atoms with E-state index in [2.05, 4.69) is 10.3 Å². The second kappa shape index (κ2) is 10.1. The van der Waals surface area contributed by atoms with Crippen LogP contribution in [0.5, 0.6) is 23.0 Å². The molecule has 2 heterocycles. The molecule has 192 valence electrons. The molecule has 0 spiro atoms. The molecule has 0 aliphatic heterocycles. The topological polar surface area (TPSA) is 96.6 Å². The Kier molecular flexibility index (Phi) is 6.23. The van der Waals surface area contributed by atoms with Crippen molar-refractivity contribution in [2.75, 3.05) is 19.5 Å². The van der Waals surface area contributed by atoms with E-state index < -0.39 is 11.5 Å². The zero-order valence-corrected chi connectivity index (χ0v) is 21.3. The third kappa shape index (κ3) is 4.45. The zero-order chi connectivity index (χ0) is 27.7. The summed E-state index contributed by atoms with van der Waals surface area (Å²) >= 11 is 0. The SMILES string of the molecule is [2H]c1c(OC)c(OC)cc2nccc(Oc3ccc(NC(=O)c4c(C)n(C)n(-c5ccccc5)c4=O)cc3)c12. The Morgan fingerprint density at radius 1 is 0.974 bits per heavy atom. The van der Waals surface area contributed by atoms with Crippen molar-refractivity contribution in [3.63, 3.8) is 0 Å². The minimum Gasteiger partial charge on any atom is -0.493 e. The van der Waals surface area contributed by atoms with Gasteiger partial charge in [0.15, 0.2) is 11.5 Å². The number of hydrogen-bond donors (Lipinski definition) is 1. The molecule has 0 atom stereocenters. The maximum Gasteiger partial charge on any atom is 0.284 e. The van der Waals surface area contributed by atoms with Crippen molar-refractivity contribution in [2.45, 2.75) is 6.92 Å². The van der Waals surface area contributed by atoms with Crippen molar-refractivity contribution in [3.05, 3.63) is 101 Å². The van der Waals surface area contributed by atoms with Gasteiger partial charge in [0.25, 0.3) is 11.5 Å². The summed E-state index contributed by atoms with van der Waals surface area (Å²) in [7, 11) is 4.71. The van der Waals surface area contributed by atoms with E-state index in [-0.39, 0.29) is 17.4 Å². The van der Waals surface area contributed by atoms with Crippen LogP contribution < -0.4 is 25.1 Å². The molecule has 5 aromatic rings. The average Bonchev–Trinajstić information content (AvgIpc) is 3.17. The lowest BCUT2D eigenvalue weighted by Gasteiger charge is -2.12. The molecule has 0 saturated heterocycles. The van der Waals surface area contributed by atoms with Crippen LogP contribution in [0.1, 0.15) is 17.4 Å². The fourth-order valence-corrected chi connectivity index (χ4v) is 4.20. The van der Waals surface area contributed by atoms with Gasteiger partial charge in [-0.2, -0.15) is 0 Å². The number of amides is 1. The van der Waals surface area contributed by atoms with Gasteiger partial charge in [-0.05, 0) is 55.4 Å². The first-order valence-corrected chi connectivity index (χ1v) is 11.8. The van der Waals surface area contributed by atoms with Crippen LogP contribution in [0.25, 0.3) is 16.6 Å². The van der Waals surface area contributed by atoms with Gasteiger partial charge in [0.1, 0.15) is 17.1 Å². The van der Waals surface area contributed by atoms with Gasteiger partial charge in [-0.15, -0.1) is 0 Å². The molecular formula is C29H26N4O5. The molecule has 0 saturated carbocycles. The Balaban J connectivity index is 1.39. The highest BCUT2D eigenvalue weighted by Gasteiger charge is 2.22. The maximum absolute atomic E-state index is 13.1. The largest absolute Gasteiger partial charge is 0.493 e. The summed E-state index contributed by atoms with van der Waals surface area (Å²) in [6.07, 6.45) is 1.59. The van der Waals surface area contributed by atoms with E-state index in [1.54, 1.807) is 61.2 Å². The van der Waals surface area contributed by atoms with Crippen LogP contribution in [0.3, 0.4) is 0 Å². The first-order chi connectivity index (χ1) is 18.8. The molecule has 0 aliphatic carbocycles. The summed E-state index contributed by atoms with van der Waals surface area (Å²) in [5, 5.41) is 3.27. The van der Waals surface area contributed by atoms with E-state index in [0.29, 0.717) is 45.2 Å². The lowest BCUT2D eigenvalue weighted by molar-refractivity contribution is 0.102. The van der Waals surface area contributed by atoms with E-state index in [0.717, 1.165) is 0 Å². The van der Waals surface area contributed by atoms with Crippen molar-refractivity contribution in [1.82, 2.24) is 14.3 Å². The number of carbonyl (C=O) groups excluding carboxylic acids is 1. The number of aromatic nitrogens is 3. The fraction of sp³-hybridized carbons (Fsp3) is 0.138. The molecule has 0 unspecified atom stereocenters. The standard InChI is InChI=1S/C29H26N4O5/c1-18-27(29(35)33(32(18)2)20-8-6-5-7-9-20)28(34)31-19-10-12-21(13-11-19)38-24-14-15-30-23-17-26(37-4)25(36-3)16-22(23)24/h5-17H,1-4H3,(H,31,34)/i16D. The monoisotopic (exact) mass is 511 g/mol. The van der Waals surface area contributed by atoms with Gasteiger partial charge >= 0.3 is 0 Å². The first-order valence-electron chi connectivity index (χ1n) is 12.3. The van der Waals surface area contributed by atoms with Crippen LogP contribution in [0, 0.1) is 6.92 Å². The molecule has 1 amide bonds. The van der Waals surface area contributed by atoms with Crippen LogP contribution in [0.15, 0.2) is 83.8 Å². The Morgan fingerprint density at radius 2 is 1.68 bits per heavy atom. The smallest absolute Gasteiger partial charge is 0.284 e. The Hall–Kier alpha value is -5.05. The third-order valence-corrected chi connectivity index (χ3v) is 6.22. The average molecular weight is 512 g/mol. The van der Waals surface area contributed by atoms with E-state index in [1.165, 1.54) is 18.9 Å². The number of ether oxygens (including phenoxy) is 3. The Bertz CT molecular complexity index is 1740. The zero-order valence-electron chi connectivity index (χ0n) is 22.3. The number of rotatable bonds is 7. The highest BCUT2D eigenvalue weighted by molar-refractivity contribution is 6.05. The lowest BCUT2D eigenvalue weighted by atomic mass is 10.2. The van der Waals surface area contributed by atoms with E-state index in [1.807, 2.05) is 30.3 Å². The lowest BCUT2D eigenvalue weighted by Crippen LogP contribution is -2.25. The van der Waals surface area contributed by atoms with Crippen molar-refractivity contribution in [1.29, 1.82) is 0 Å². The van der Waals surface area contributed by atoms with E-state index in [4.69, 9.17) is 15.6 Å². The van der Waals surface area contributed by atoms with Crippen LogP contribution in [-0.4, -0.2) is 34.5 Å². The number of benzene rings is 3. The molecule has 9 heteroatoms. The second-order valence-corrected chi connectivity index (χ2v) is 8.46. The predicted octanol–water partition coefficient (Wildman–Crippen LogP) is 5.09. The molecule has 5 rings (SSSR count).